The maximum absolute atomic E-state index is 11.2. The van der Waals surface area contributed by atoms with E-state index in [2.05, 4.69) is 18.5 Å². The molecule has 0 bridgehead atoms. The van der Waals surface area contributed by atoms with Crippen LogP contribution < -0.4 is 10.1 Å². The summed E-state index contributed by atoms with van der Waals surface area (Å²) in [5.41, 5.74) is 2.08. The van der Waals surface area contributed by atoms with Gasteiger partial charge in [0.25, 0.3) is 0 Å². The van der Waals surface area contributed by atoms with Crippen LogP contribution in [0.3, 0.4) is 0 Å². The third kappa shape index (κ3) is 5.29. The predicted molar refractivity (Wildman–Crippen MR) is 76.1 cm³/mol. The average Bonchev–Trinajstić information content (AvgIpc) is 2.35. The van der Waals surface area contributed by atoms with Crippen LogP contribution in [0, 0.1) is 6.92 Å². The van der Waals surface area contributed by atoms with E-state index < -0.39 is 6.09 Å². The fraction of sp³-hybridized carbons (Fsp3) is 0.267. The fourth-order valence-corrected chi connectivity index (χ4v) is 1.47. The number of rotatable bonds is 6. The second-order valence-electron chi connectivity index (χ2n) is 4.10. The molecule has 0 fully saturated rings. The largest absolute Gasteiger partial charge is 0.491 e. The van der Waals surface area contributed by atoms with Crippen LogP contribution in [-0.4, -0.2) is 19.2 Å². The second-order valence-corrected chi connectivity index (χ2v) is 4.10. The lowest BCUT2D eigenvalue weighted by molar-refractivity contribution is 0.174. The van der Waals surface area contributed by atoms with Gasteiger partial charge in [0.1, 0.15) is 12.4 Å². The number of carbonyl (C=O) groups is 1. The molecule has 1 rings (SSSR count). The van der Waals surface area contributed by atoms with Crippen LogP contribution in [0.25, 0.3) is 6.08 Å². The lowest BCUT2D eigenvalue weighted by Gasteiger charge is -2.10. The van der Waals surface area contributed by atoms with E-state index in [0.717, 1.165) is 16.9 Å². The number of benzene rings is 1. The molecule has 4 nitrogen and oxygen atoms in total. The monoisotopic (exact) mass is 261 g/mol. The molecule has 0 aromatic heterocycles. The number of hydrogen-bond donors (Lipinski definition) is 1. The van der Waals surface area contributed by atoms with Crippen LogP contribution in [0.5, 0.6) is 5.75 Å². The molecule has 0 unspecified atom stereocenters. The Bertz CT molecular complexity index is 480. The number of alkyl carbamates (subject to hydrolysis) is 1. The summed E-state index contributed by atoms with van der Waals surface area (Å²) in [4.78, 5) is 11.2. The Balaban J connectivity index is 2.35. The second kappa shape index (κ2) is 7.26. The van der Waals surface area contributed by atoms with Crippen molar-refractivity contribution in [2.45, 2.75) is 13.8 Å². The van der Waals surface area contributed by atoms with Crippen molar-refractivity contribution < 1.29 is 14.3 Å². The molecule has 102 valence electrons. The first kappa shape index (κ1) is 14.8. The first-order valence-corrected chi connectivity index (χ1v) is 6.00. The summed E-state index contributed by atoms with van der Waals surface area (Å²) >= 11 is 0. The summed E-state index contributed by atoms with van der Waals surface area (Å²) in [5.74, 6) is 1.15. The molecule has 1 aromatic rings. The molecule has 0 radical (unpaired) electrons. The van der Waals surface area contributed by atoms with Crippen LogP contribution >= 0.6 is 0 Å². The summed E-state index contributed by atoms with van der Waals surface area (Å²) in [6, 6.07) is 5.81. The van der Waals surface area contributed by atoms with Crippen LogP contribution in [0.2, 0.25) is 0 Å². The lowest BCUT2D eigenvalue weighted by atomic mass is 10.1. The van der Waals surface area contributed by atoms with E-state index in [-0.39, 0.29) is 0 Å². The number of ether oxygens (including phenoxy) is 2. The fourth-order valence-electron chi connectivity index (χ4n) is 1.47. The van der Waals surface area contributed by atoms with E-state index in [0.29, 0.717) is 18.9 Å². The standard InChI is InChI=1S/C15H19NO3/c1-5-13-6-7-14(12(4)10-13)18-9-8-16-15(17)19-11(2)3/h5-7,10H,1-2,8-9H2,3-4H3,(H,16,17). The van der Waals surface area contributed by atoms with Crippen molar-refractivity contribution in [3.05, 3.63) is 48.2 Å². The van der Waals surface area contributed by atoms with Crippen molar-refractivity contribution in [1.82, 2.24) is 5.32 Å². The molecule has 1 aromatic carbocycles. The molecule has 0 heterocycles. The van der Waals surface area contributed by atoms with Crippen molar-refractivity contribution in [1.29, 1.82) is 0 Å². The maximum atomic E-state index is 11.2. The van der Waals surface area contributed by atoms with E-state index in [1.807, 2.05) is 25.1 Å². The number of allylic oxidation sites excluding steroid dienone is 1. The topological polar surface area (TPSA) is 47.6 Å². The number of amides is 1. The zero-order chi connectivity index (χ0) is 14.3. The SMILES string of the molecule is C=Cc1ccc(OCCNC(=O)OC(=C)C)c(C)c1. The highest BCUT2D eigenvalue weighted by Crippen LogP contribution is 2.19. The molecule has 0 spiro atoms. The minimum Gasteiger partial charge on any atom is -0.491 e. The average molecular weight is 261 g/mol. The molecule has 19 heavy (non-hydrogen) atoms. The maximum Gasteiger partial charge on any atom is 0.412 e. The minimum atomic E-state index is -0.519. The Morgan fingerprint density at radius 2 is 2.21 bits per heavy atom. The molecule has 0 saturated carbocycles. The van der Waals surface area contributed by atoms with Gasteiger partial charge >= 0.3 is 6.09 Å². The van der Waals surface area contributed by atoms with Gasteiger partial charge in [-0.3, -0.25) is 0 Å². The van der Waals surface area contributed by atoms with Crippen molar-refractivity contribution in [2.24, 2.45) is 0 Å². The highest BCUT2D eigenvalue weighted by Gasteiger charge is 2.03. The predicted octanol–water partition coefficient (Wildman–Crippen LogP) is 3.28. The van der Waals surface area contributed by atoms with E-state index in [9.17, 15) is 4.79 Å². The molecule has 0 aliphatic rings. The van der Waals surface area contributed by atoms with Crippen molar-refractivity contribution >= 4 is 12.2 Å². The van der Waals surface area contributed by atoms with Crippen molar-refractivity contribution in [3.8, 4) is 5.75 Å². The van der Waals surface area contributed by atoms with Gasteiger partial charge in [0.2, 0.25) is 0 Å². The van der Waals surface area contributed by atoms with Crippen LogP contribution in [0.15, 0.2) is 37.1 Å². The Kier molecular flexibility index (Phi) is 5.67. The van der Waals surface area contributed by atoms with Gasteiger partial charge in [-0.2, -0.15) is 0 Å². The zero-order valence-corrected chi connectivity index (χ0v) is 11.4. The van der Waals surface area contributed by atoms with Gasteiger partial charge in [-0.1, -0.05) is 25.3 Å². The van der Waals surface area contributed by atoms with Crippen LogP contribution in [0.4, 0.5) is 4.79 Å². The molecule has 4 heteroatoms. The third-order valence-corrected chi connectivity index (χ3v) is 2.33. The van der Waals surface area contributed by atoms with Gasteiger partial charge in [0, 0.05) is 0 Å². The zero-order valence-electron chi connectivity index (χ0n) is 11.4. The first-order valence-electron chi connectivity index (χ1n) is 6.00. The van der Waals surface area contributed by atoms with Crippen LogP contribution in [-0.2, 0) is 4.74 Å². The molecule has 0 atom stereocenters. The third-order valence-electron chi connectivity index (χ3n) is 2.33. The molecule has 0 saturated heterocycles. The highest BCUT2D eigenvalue weighted by atomic mass is 16.6. The quantitative estimate of drug-likeness (QED) is 0.631. The molecule has 1 amide bonds. The summed E-state index contributed by atoms with van der Waals surface area (Å²) in [5, 5.41) is 2.56. The molecular formula is C15H19NO3. The summed E-state index contributed by atoms with van der Waals surface area (Å²) in [6.07, 6.45) is 1.27. The van der Waals surface area contributed by atoms with E-state index >= 15 is 0 Å². The lowest BCUT2D eigenvalue weighted by Crippen LogP contribution is -2.28. The van der Waals surface area contributed by atoms with Crippen molar-refractivity contribution in [3.63, 3.8) is 0 Å². The number of carbonyl (C=O) groups excluding carboxylic acids is 1. The Morgan fingerprint density at radius 3 is 2.79 bits per heavy atom. The highest BCUT2D eigenvalue weighted by molar-refractivity contribution is 5.68. The van der Waals surface area contributed by atoms with Gasteiger partial charge < -0.3 is 14.8 Å². The van der Waals surface area contributed by atoms with Gasteiger partial charge in [0.15, 0.2) is 0 Å². The van der Waals surface area contributed by atoms with E-state index in [4.69, 9.17) is 9.47 Å². The molecule has 0 aliphatic heterocycles. The normalized spacial score (nSPS) is 9.58. The minimum absolute atomic E-state index is 0.356. The summed E-state index contributed by atoms with van der Waals surface area (Å²) in [6.45, 7) is 11.5. The van der Waals surface area contributed by atoms with Gasteiger partial charge in [-0.05, 0) is 37.1 Å². The van der Waals surface area contributed by atoms with E-state index in [1.165, 1.54) is 0 Å². The number of nitrogens with one attached hydrogen (secondary N) is 1. The summed E-state index contributed by atoms with van der Waals surface area (Å²) in [7, 11) is 0. The first-order chi connectivity index (χ1) is 9.02. The van der Waals surface area contributed by atoms with Crippen molar-refractivity contribution in [2.75, 3.05) is 13.2 Å². The molecule has 0 aliphatic carbocycles. The Morgan fingerprint density at radius 1 is 1.47 bits per heavy atom. The van der Waals surface area contributed by atoms with Gasteiger partial charge in [-0.15, -0.1) is 0 Å². The molecule has 1 N–H and O–H groups in total. The van der Waals surface area contributed by atoms with Gasteiger partial charge in [-0.25, -0.2) is 4.79 Å². The Labute approximate surface area is 113 Å². The van der Waals surface area contributed by atoms with Crippen LogP contribution in [0.1, 0.15) is 18.1 Å². The smallest absolute Gasteiger partial charge is 0.412 e. The molecular weight excluding hydrogens is 242 g/mol. The number of hydrogen-bond acceptors (Lipinski definition) is 3. The Hall–Kier alpha value is -2.23. The summed E-state index contributed by atoms with van der Waals surface area (Å²) < 4.78 is 10.3. The number of aryl methyl sites for hydroxylation is 1. The van der Waals surface area contributed by atoms with E-state index in [1.54, 1.807) is 13.0 Å². The van der Waals surface area contributed by atoms with Gasteiger partial charge in [0.05, 0.1) is 12.3 Å².